The van der Waals surface area contributed by atoms with E-state index in [0.29, 0.717) is 27.8 Å². The van der Waals surface area contributed by atoms with Crippen molar-refractivity contribution in [1.29, 1.82) is 0 Å². The topological polar surface area (TPSA) is 99.3 Å². The van der Waals surface area contributed by atoms with E-state index in [0.717, 1.165) is 29.5 Å². The van der Waals surface area contributed by atoms with Crippen molar-refractivity contribution in [3.05, 3.63) is 94.7 Å². The lowest BCUT2D eigenvalue weighted by Crippen LogP contribution is -2.17. The summed E-state index contributed by atoms with van der Waals surface area (Å²) >= 11 is 1.11. The maximum absolute atomic E-state index is 12.6. The fourth-order valence-corrected chi connectivity index (χ4v) is 4.22. The summed E-state index contributed by atoms with van der Waals surface area (Å²) in [6.07, 6.45) is -3.35. The van der Waals surface area contributed by atoms with Crippen LogP contribution in [0.5, 0.6) is 5.75 Å². The molecule has 0 saturated carbocycles. The molecular weight excluding hydrogens is 509 g/mol. The van der Waals surface area contributed by atoms with Crippen LogP contribution in [0.25, 0.3) is 16.9 Å². The Kier molecular flexibility index (Phi) is 7.48. The lowest BCUT2D eigenvalue weighted by Gasteiger charge is -2.14. The van der Waals surface area contributed by atoms with E-state index in [1.807, 2.05) is 19.1 Å². The van der Waals surface area contributed by atoms with Crippen LogP contribution in [-0.2, 0) is 4.79 Å². The predicted molar refractivity (Wildman–Crippen MR) is 133 cm³/mol. The van der Waals surface area contributed by atoms with Crippen molar-refractivity contribution in [2.45, 2.75) is 18.4 Å². The van der Waals surface area contributed by atoms with Gasteiger partial charge in [0.1, 0.15) is 5.75 Å². The summed E-state index contributed by atoms with van der Waals surface area (Å²) in [5, 5.41) is 14.4. The number of thioether (sulfide) groups is 1. The monoisotopic (exact) mass is 528 g/mol. The Morgan fingerprint density at radius 1 is 1.11 bits per heavy atom. The number of non-ortho nitro benzene ring substituents is 1. The standard InChI is InChI=1S/C25H19F3N4O4S/c1-16-5-7-18(8-6-16)30-23(33)15-37-24-29-14-22(17-3-2-4-20(13-17)32(34)35)31(24)19-9-11-21(12-10-19)36-25(26,27)28/h2-14H,15H2,1H3,(H,30,33). The number of hydrogen-bond donors (Lipinski definition) is 1. The first kappa shape index (κ1) is 25.8. The number of nitro groups is 1. The predicted octanol–water partition coefficient (Wildman–Crippen LogP) is 6.39. The molecule has 0 aliphatic rings. The summed E-state index contributed by atoms with van der Waals surface area (Å²) in [5.74, 6) is -0.691. The number of carbonyl (C=O) groups excluding carboxylic acids is 1. The van der Waals surface area contributed by atoms with Crippen LogP contribution in [0.3, 0.4) is 0 Å². The first-order chi connectivity index (χ1) is 17.6. The van der Waals surface area contributed by atoms with E-state index in [4.69, 9.17) is 0 Å². The van der Waals surface area contributed by atoms with E-state index in [9.17, 15) is 28.1 Å². The largest absolute Gasteiger partial charge is 0.573 e. The number of imidazole rings is 1. The molecule has 0 saturated heterocycles. The van der Waals surface area contributed by atoms with Gasteiger partial charge in [-0.2, -0.15) is 0 Å². The maximum atomic E-state index is 12.6. The SMILES string of the molecule is Cc1ccc(NC(=O)CSc2ncc(-c3cccc([N+](=O)[O-])c3)n2-c2ccc(OC(F)(F)F)cc2)cc1. The summed E-state index contributed by atoms with van der Waals surface area (Å²) in [5.41, 5.74) is 2.90. The summed E-state index contributed by atoms with van der Waals surface area (Å²) < 4.78 is 43.3. The number of nitro benzene ring substituents is 1. The first-order valence-electron chi connectivity index (χ1n) is 10.8. The molecule has 0 aliphatic carbocycles. The van der Waals surface area contributed by atoms with E-state index in [1.165, 1.54) is 36.5 Å². The first-order valence-corrected chi connectivity index (χ1v) is 11.8. The highest BCUT2D eigenvalue weighted by Crippen LogP contribution is 2.33. The normalized spacial score (nSPS) is 11.2. The van der Waals surface area contributed by atoms with Gasteiger partial charge in [-0.05, 0) is 43.3 Å². The number of nitrogens with one attached hydrogen (secondary N) is 1. The van der Waals surface area contributed by atoms with Crippen LogP contribution in [0.15, 0.2) is 84.1 Å². The molecule has 0 radical (unpaired) electrons. The number of aromatic nitrogens is 2. The zero-order chi connectivity index (χ0) is 26.6. The van der Waals surface area contributed by atoms with Gasteiger partial charge in [0.25, 0.3) is 5.69 Å². The Bertz CT molecular complexity index is 1420. The van der Waals surface area contributed by atoms with E-state index < -0.39 is 17.0 Å². The highest BCUT2D eigenvalue weighted by atomic mass is 32.2. The van der Waals surface area contributed by atoms with E-state index in [1.54, 1.807) is 22.8 Å². The van der Waals surface area contributed by atoms with Gasteiger partial charge in [-0.25, -0.2) is 4.98 Å². The molecule has 1 amide bonds. The molecule has 1 N–H and O–H groups in total. The average Bonchev–Trinajstić information content (AvgIpc) is 3.28. The van der Waals surface area contributed by atoms with Crippen molar-refractivity contribution in [2.24, 2.45) is 0 Å². The van der Waals surface area contributed by atoms with Gasteiger partial charge in [0.05, 0.1) is 22.6 Å². The van der Waals surface area contributed by atoms with Crippen LogP contribution in [0, 0.1) is 17.0 Å². The molecule has 0 spiro atoms. The minimum atomic E-state index is -4.84. The van der Waals surface area contributed by atoms with Crippen LogP contribution < -0.4 is 10.1 Å². The van der Waals surface area contributed by atoms with Crippen LogP contribution in [0.1, 0.15) is 5.56 Å². The molecule has 1 aromatic heterocycles. The molecule has 190 valence electrons. The molecule has 0 aliphatic heterocycles. The van der Waals surface area contributed by atoms with Gasteiger partial charge >= 0.3 is 6.36 Å². The smallest absolute Gasteiger partial charge is 0.406 e. The van der Waals surface area contributed by atoms with E-state index >= 15 is 0 Å². The minimum Gasteiger partial charge on any atom is -0.406 e. The number of anilines is 1. The second-order valence-electron chi connectivity index (χ2n) is 7.81. The molecule has 0 unspecified atom stereocenters. The molecule has 3 aromatic carbocycles. The third-order valence-electron chi connectivity index (χ3n) is 5.08. The number of nitrogens with zero attached hydrogens (tertiary/aromatic N) is 3. The molecule has 0 fully saturated rings. The van der Waals surface area contributed by atoms with E-state index in [-0.39, 0.29) is 17.3 Å². The Morgan fingerprint density at radius 2 is 1.81 bits per heavy atom. The molecule has 37 heavy (non-hydrogen) atoms. The van der Waals surface area contributed by atoms with Gasteiger partial charge in [-0.1, -0.05) is 41.6 Å². The van der Waals surface area contributed by atoms with Gasteiger partial charge in [0.2, 0.25) is 5.91 Å². The zero-order valence-electron chi connectivity index (χ0n) is 19.2. The number of benzene rings is 3. The lowest BCUT2D eigenvalue weighted by molar-refractivity contribution is -0.384. The Labute approximate surface area is 213 Å². The molecule has 4 rings (SSSR count). The second kappa shape index (κ2) is 10.7. The number of amides is 1. The van der Waals surface area contributed by atoms with Crippen LogP contribution in [0.4, 0.5) is 24.5 Å². The third kappa shape index (κ3) is 6.67. The summed E-state index contributed by atoms with van der Waals surface area (Å²) in [7, 11) is 0. The fraction of sp³-hybridized carbons (Fsp3) is 0.120. The molecule has 4 aromatic rings. The molecule has 1 heterocycles. The van der Waals surface area contributed by atoms with Crippen LogP contribution in [-0.4, -0.2) is 32.5 Å². The van der Waals surface area contributed by atoms with Crippen molar-refractivity contribution in [1.82, 2.24) is 9.55 Å². The highest BCUT2D eigenvalue weighted by molar-refractivity contribution is 7.99. The van der Waals surface area contributed by atoms with Gasteiger partial charge in [0.15, 0.2) is 5.16 Å². The van der Waals surface area contributed by atoms with Crippen LogP contribution in [0.2, 0.25) is 0 Å². The van der Waals surface area contributed by atoms with Gasteiger partial charge in [0, 0.05) is 29.1 Å². The molecular formula is C25H19F3N4O4S. The van der Waals surface area contributed by atoms with Crippen LogP contribution >= 0.6 is 11.8 Å². The zero-order valence-corrected chi connectivity index (χ0v) is 20.0. The van der Waals surface area contributed by atoms with Gasteiger partial charge in [-0.15, -0.1) is 13.2 Å². The van der Waals surface area contributed by atoms with E-state index in [2.05, 4.69) is 15.0 Å². The van der Waals surface area contributed by atoms with Crippen molar-refractivity contribution in [2.75, 3.05) is 11.1 Å². The average molecular weight is 529 g/mol. The molecule has 0 atom stereocenters. The Morgan fingerprint density at radius 3 is 2.46 bits per heavy atom. The minimum absolute atomic E-state index is 0.00542. The van der Waals surface area contributed by atoms with Crippen molar-refractivity contribution >= 4 is 29.0 Å². The number of halogens is 3. The summed E-state index contributed by atoms with van der Waals surface area (Å²) in [4.78, 5) is 27.6. The molecule has 0 bridgehead atoms. The lowest BCUT2D eigenvalue weighted by atomic mass is 10.1. The maximum Gasteiger partial charge on any atom is 0.573 e. The number of alkyl halides is 3. The highest BCUT2D eigenvalue weighted by Gasteiger charge is 2.31. The fourth-order valence-electron chi connectivity index (χ4n) is 3.43. The Hall–Kier alpha value is -4.32. The number of carbonyl (C=O) groups is 1. The number of hydrogen-bond acceptors (Lipinski definition) is 6. The van der Waals surface area contributed by atoms with Crippen molar-refractivity contribution < 1.29 is 27.6 Å². The molecule has 12 heteroatoms. The number of rotatable bonds is 8. The quantitative estimate of drug-likeness (QED) is 0.162. The van der Waals surface area contributed by atoms with Crippen molar-refractivity contribution in [3.8, 4) is 22.7 Å². The van der Waals surface area contributed by atoms with Gasteiger partial charge in [-0.3, -0.25) is 19.5 Å². The second-order valence-corrected chi connectivity index (χ2v) is 8.76. The summed E-state index contributed by atoms with van der Waals surface area (Å²) in [6, 6.07) is 18.3. The number of aryl methyl sites for hydroxylation is 1. The summed E-state index contributed by atoms with van der Waals surface area (Å²) in [6.45, 7) is 1.93. The third-order valence-corrected chi connectivity index (χ3v) is 6.03. The Balaban J connectivity index is 1.64. The van der Waals surface area contributed by atoms with Gasteiger partial charge < -0.3 is 10.1 Å². The van der Waals surface area contributed by atoms with Crippen molar-refractivity contribution in [3.63, 3.8) is 0 Å². The molecule has 8 nitrogen and oxygen atoms in total. The number of ether oxygens (including phenoxy) is 1.